The third-order valence-electron chi connectivity index (χ3n) is 9.87. The highest BCUT2D eigenvalue weighted by Crippen LogP contribution is 2.69. The van der Waals surface area contributed by atoms with Gasteiger partial charge < -0.3 is 14.6 Å². The molecule has 5 fully saturated rings. The highest BCUT2D eigenvalue weighted by atomic mass is 16.7. The number of hydrogen-bond acceptors (Lipinski definition) is 3. The monoisotopic (exact) mass is 358 g/mol. The molecule has 5 aliphatic rings. The fourth-order valence-corrected chi connectivity index (χ4v) is 8.21. The fourth-order valence-electron chi connectivity index (χ4n) is 8.21. The average molecular weight is 359 g/mol. The van der Waals surface area contributed by atoms with Crippen molar-refractivity contribution in [2.75, 3.05) is 13.2 Å². The van der Waals surface area contributed by atoms with Crippen molar-refractivity contribution in [1.29, 1.82) is 0 Å². The first kappa shape index (κ1) is 17.5. The van der Waals surface area contributed by atoms with E-state index in [9.17, 15) is 5.11 Å². The van der Waals surface area contributed by atoms with Crippen LogP contribution >= 0.6 is 0 Å². The number of aliphatic hydroxyl groups is 1. The third-order valence-corrected chi connectivity index (χ3v) is 9.87. The van der Waals surface area contributed by atoms with E-state index in [4.69, 9.17) is 15.9 Å². The third kappa shape index (κ3) is 2.07. The lowest BCUT2D eigenvalue weighted by molar-refractivity contribution is -0.231. The van der Waals surface area contributed by atoms with Crippen LogP contribution in [0, 0.1) is 46.8 Å². The van der Waals surface area contributed by atoms with E-state index < -0.39 is 5.60 Å². The van der Waals surface area contributed by atoms with Gasteiger partial charge in [0.05, 0.1) is 13.2 Å². The minimum Gasteiger partial charge on any atom is -0.377 e. The molecular formula is C23H34O3. The SMILES string of the molecule is C#C[C@@]1(O)CC[C@@H]2C3CC[C@@H]4CC5(CCC4(C)C3CCC21C)OCCO5. The van der Waals surface area contributed by atoms with Crippen LogP contribution in [0.15, 0.2) is 0 Å². The molecule has 144 valence electrons. The van der Waals surface area contributed by atoms with Crippen LogP contribution in [-0.2, 0) is 9.47 Å². The summed E-state index contributed by atoms with van der Waals surface area (Å²) in [4.78, 5) is 0. The van der Waals surface area contributed by atoms with Crippen LogP contribution in [0.25, 0.3) is 0 Å². The van der Waals surface area contributed by atoms with Gasteiger partial charge in [-0.3, -0.25) is 0 Å². The maximum absolute atomic E-state index is 11.1. The molecule has 0 aromatic carbocycles. The Morgan fingerprint density at radius 2 is 1.65 bits per heavy atom. The largest absolute Gasteiger partial charge is 0.377 e. The Hall–Kier alpha value is -0.560. The van der Waals surface area contributed by atoms with Gasteiger partial charge in [-0.2, -0.15) is 0 Å². The summed E-state index contributed by atoms with van der Waals surface area (Å²) in [6.45, 7) is 6.37. The molecule has 1 spiro atoms. The lowest BCUT2D eigenvalue weighted by Gasteiger charge is -2.62. The standard InChI is InChI=1S/C23H34O3/c1-4-22(24)10-8-19-17-6-5-16-15-23(25-13-14-26-23)12-11-20(16,2)18(17)7-9-21(19,22)3/h1,16-19,24H,5-15H2,2-3H3/t16-,17?,18?,19-,20?,21?,22-/m1/s1. The summed E-state index contributed by atoms with van der Waals surface area (Å²) in [6.07, 6.45) is 15.9. The van der Waals surface area contributed by atoms with Gasteiger partial charge in [0.1, 0.15) is 5.60 Å². The van der Waals surface area contributed by atoms with Crippen molar-refractivity contribution in [3.8, 4) is 12.3 Å². The Morgan fingerprint density at radius 3 is 2.38 bits per heavy atom. The van der Waals surface area contributed by atoms with Crippen molar-refractivity contribution in [3.05, 3.63) is 0 Å². The van der Waals surface area contributed by atoms with Crippen molar-refractivity contribution >= 4 is 0 Å². The van der Waals surface area contributed by atoms with Crippen molar-refractivity contribution in [3.63, 3.8) is 0 Å². The Kier molecular flexibility index (Phi) is 3.70. The predicted molar refractivity (Wildman–Crippen MR) is 100 cm³/mol. The predicted octanol–water partition coefficient (Wildman–Crippen LogP) is 4.14. The molecule has 0 radical (unpaired) electrons. The van der Waals surface area contributed by atoms with Gasteiger partial charge in [-0.25, -0.2) is 0 Å². The average Bonchev–Trinajstić information content (AvgIpc) is 3.19. The zero-order chi connectivity index (χ0) is 18.2. The molecule has 1 saturated heterocycles. The summed E-state index contributed by atoms with van der Waals surface area (Å²) >= 11 is 0. The summed E-state index contributed by atoms with van der Waals surface area (Å²) in [5, 5.41) is 11.1. The van der Waals surface area contributed by atoms with E-state index in [2.05, 4.69) is 19.8 Å². The molecule has 3 heteroatoms. The summed E-state index contributed by atoms with van der Waals surface area (Å²) in [5.41, 5.74) is -0.566. The molecule has 0 amide bonds. The fraction of sp³-hybridized carbons (Fsp3) is 0.913. The number of ether oxygens (including phenoxy) is 2. The van der Waals surface area contributed by atoms with Gasteiger partial charge >= 0.3 is 0 Å². The molecule has 4 aliphatic carbocycles. The van der Waals surface area contributed by atoms with Gasteiger partial charge in [0, 0.05) is 18.3 Å². The molecule has 1 heterocycles. The number of hydrogen-bond donors (Lipinski definition) is 1. The molecule has 0 aromatic rings. The number of rotatable bonds is 0. The summed E-state index contributed by atoms with van der Waals surface area (Å²) in [5.74, 6) is 5.35. The van der Waals surface area contributed by atoms with Crippen LogP contribution in [0.2, 0.25) is 0 Å². The van der Waals surface area contributed by atoms with Gasteiger partial charge in [-0.15, -0.1) is 6.42 Å². The molecular weight excluding hydrogens is 324 g/mol. The summed E-state index contributed by atoms with van der Waals surface area (Å²) in [7, 11) is 0. The molecule has 5 rings (SSSR count). The lowest BCUT2D eigenvalue weighted by Crippen LogP contribution is -2.58. The molecule has 4 unspecified atom stereocenters. The summed E-state index contributed by atoms with van der Waals surface area (Å²) in [6, 6.07) is 0. The first-order valence-corrected chi connectivity index (χ1v) is 10.8. The molecule has 0 aromatic heterocycles. The first-order chi connectivity index (χ1) is 12.4. The quantitative estimate of drug-likeness (QED) is 0.662. The minimum atomic E-state index is -0.886. The van der Waals surface area contributed by atoms with Gasteiger partial charge in [-0.05, 0) is 74.0 Å². The molecule has 26 heavy (non-hydrogen) atoms. The van der Waals surface area contributed by atoms with Gasteiger partial charge in [0.2, 0.25) is 0 Å². The Bertz CT molecular complexity index is 632. The highest BCUT2D eigenvalue weighted by Gasteiger charge is 2.65. The van der Waals surface area contributed by atoms with E-state index in [1.807, 2.05) is 0 Å². The Balaban J connectivity index is 1.42. The van der Waals surface area contributed by atoms with E-state index >= 15 is 0 Å². The van der Waals surface area contributed by atoms with Gasteiger partial charge in [0.15, 0.2) is 5.79 Å². The topological polar surface area (TPSA) is 38.7 Å². The lowest BCUT2D eigenvalue weighted by atomic mass is 9.44. The van der Waals surface area contributed by atoms with Crippen molar-refractivity contribution in [2.45, 2.75) is 83.0 Å². The Morgan fingerprint density at radius 1 is 0.923 bits per heavy atom. The van der Waals surface area contributed by atoms with Crippen LogP contribution in [0.4, 0.5) is 0 Å². The maximum atomic E-state index is 11.1. The van der Waals surface area contributed by atoms with Crippen LogP contribution in [0.1, 0.15) is 71.6 Å². The van der Waals surface area contributed by atoms with Crippen molar-refractivity contribution in [2.24, 2.45) is 34.5 Å². The smallest absolute Gasteiger partial charge is 0.168 e. The van der Waals surface area contributed by atoms with Crippen LogP contribution in [0.5, 0.6) is 0 Å². The highest BCUT2D eigenvalue weighted by molar-refractivity contribution is 5.23. The van der Waals surface area contributed by atoms with E-state index in [0.29, 0.717) is 17.3 Å². The van der Waals surface area contributed by atoms with Crippen LogP contribution in [-0.4, -0.2) is 29.7 Å². The zero-order valence-electron chi connectivity index (χ0n) is 16.4. The number of terminal acetylenes is 1. The molecule has 4 saturated carbocycles. The minimum absolute atomic E-state index is 0.0837. The second-order valence-electron chi connectivity index (χ2n) is 10.5. The number of fused-ring (bicyclic) bond motifs is 5. The second-order valence-corrected chi connectivity index (χ2v) is 10.5. The van der Waals surface area contributed by atoms with Gasteiger partial charge in [-0.1, -0.05) is 19.8 Å². The Labute approximate surface area is 158 Å². The second kappa shape index (κ2) is 5.49. The van der Waals surface area contributed by atoms with Crippen molar-refractivity contribution < 1.29 is 14.6 Å². The molecule has 7 atom stereocenters. The first-order valence-electron chi connectivity index (χ1n) is 10.8. The summed E-state index contributed by atoms with van der Waals surface area (Å²) < 4.78 is 12.1. The normalized spacial score (nSPS) is 55.0. The molecule has 1 aliphatic heterocycles. The molecule has 0 bridgehead atoms. The molecule has 3 nitrogen and oxygen atoms in total. The van der Waals surface area contributed by atoms with Crippen LogP contribution < -0.4 is 0 Å². The van der Waals surface area contributed by atoms with E-state index in [1.54, 1.807) is 0 Å². The van der Waals surface area contributed by atoms with Gasteiger partial charge in [0.25, 0.3) is 0 Å². The zero-order valence-corrected chi connectivity index (χ0v) is 16.4. The van der Waals surface area contributed by atoms with Crippen molar-refractivity contribution in [1.82, 2.24) is 0 Å². The van der Waals surface area contributed by atoms with Crippen LogP contribution in [0.3, 0.4) is 0 Å². The maximum Gasteiger partial charge on any atom is 0.168 e. The molecule has 1 N–H and O–H groups in total. The van der Waals surface area contributed by atoms with E-state index in [-0.39, 0.29) is 11.2 Å². The van der Waals surface area contributed by atoms with E-state index in [0.717, 1.165) is 57.2 Å². The van der Waals surface area contributed by atoms with E-state index in [1.165, 1.54) is 25.7 Å².